The summed E-state index contributed by atoms with van der Waals surface area (Å²) < 4.78 is 0. The second kappa shape index (κ2) is 3.60. The van der Waals surface area contributed by atoms with Crippen molar-refractivity contribution in [1.29, 1.82) is 0 Å². The maximum absolute atomic E-state index is 11.5. The van der Waals surface area contributed by atoms with Gasteiger partial charge in [-0.3, -0.25) is 4.79 Å². The SMILES string of the molecule is O=c1[nH]cnc2nc(N3CC[NH2+]CC3)[nH]c12. The van der Waals surface area contributed by atoms with Crippen molar-refractivity contribution in [2.75, 3.05) is 31.1 Å². The first-order valence-corrected chi connectivity index (χ1v) is 5.34. The summed E-state index contributed by atoms with van der Waals surface area (Å²) in [7, 11) is 0. The van der Waals surface area contributed by atoms with E-state index in [1.165, 1.54) is 6.33 Å². The number of aromatic amines is 2. The molecule has 4 N–H and O–H groups in total. The minimum Gasteiger partial charge on any atom is -0.343 e. The lowest BCUT2D eigenvalue weighted by Gasteiger charge is -2.24. The Labute approximate surface area is 90.9 Å². The number of hydrogen-bond donors (Lipinski definition) is 3. The molecule has 7 nitrogen and oxygen atoms in total. The lowest BCUT2D eigenvalue weighted by atomic mass is 10.4. The van der Waals surface area contributed by atoms with E-state index in [1.807, 2.05) is 0 Å². The first-order chi connectivity index (χ1) is 7.84. The number of imidazole rings is 1. The number of anilines is 1. The van der Waals surface area contributed by atoms with Gasteiger partial charge in [-0.2, -0.15) is 4.98 Å². The first kappa shape index (κ1) is 9.34. The molecule has 0 spiro atoms. The van der Waals surface area contributed by atoms with Crippen molar-refractivity contribution in [1.82, 2.24) is 19.9 Å². The van der Waals surface area contributed by atoms with Gasteiger partial charge >= 0.3 is 0 Å². The number of nitrogens with zero attached hydrogens (tertiary/aromatic N) is 3. The molecule has 2 aromatic heterocycles. The number of aromatic nitrogens is 4. The van der Waals surface area contributed by atoms with E-state index in [-0.39, 0.29) is 5.56 Å². The van der Waals surface area contributed by atoms with Gasteiger partial charge in [-0.15, -0.1) is 0 Å². The predicted molar refractivity (Wildman–Crippen MR) is 58.4 cm³/mol. The minimum atomic E-state index is -0.174. The Morgan fingerprint density at radius 1 is 1.38 bits per heavy atom. The van der Waals surface area contributed by atoms with E-state index in [1.54, 1.807) is 0 Å². The van der Waals surface area contributed by atoms with Crippen LogP contribution in [0.4, 0.5) is 5.95 Å². The number of nitrogens with one attached hydrogen (secondary N) is 2. The summed E-state index contributed by atoms with van der Waals surface area (Å²) in [5, 5.41) is 2.27. The average Bonchev–Trinajstić information content (AvgIpc) is 2.76. The molecule has 2 aromatic rings. The van der Waals surface area contributed by atoms with Crippen LogP contribution in [0, 0.1) is 0 Å². The molecule has 0 unspecified atom stereocenters. The molecular formula is C9H13N6O+. The molecule has 0 radical (unpaired) electrons. The van der Waals surface area contributed by atoms with E-state index < -0.39 is 0 Å². The van der Waals surface area contributed by atoms with E-state index in [2.05, 4.69) is 30.2 Å². The van der Waals surface area contributed by atoms with Crippen LogP contribution >= 0.6 is 0 Å². The third-order valence-electron chi connectivity index (χ3n) is 2.79. The summed E-state index contributed by atoms with van der Waals surface area (Å²) in [6.07, 6.45) is 1.37. The normalized spacial score (nSPS) is 16.9. The van der Waals surface area contributed by atoms with E-state index in [0.29, 0.717) is 11.2 Å². The Balaban J connectivity index is 2.04. The molecule has 0 bridgehead atoms. The molecular weight excluding hydrogens is 208 g/mol. The third-order valence-corrected chi connectivity index (χ3v) is 2.79. The zero-order valence-electron chi connectivity index (χ0n) is 8.73. The van der Waals surface area contributed by atoms with E-state index >= 15 is 0 Å². The molecule has 0 amide bonds. The largest absolute Gasteiger partial charge is 0.343 e. The number of H-pyrrole nitrogens is 2. The first-order valence-electron chi connectivity index (χ1n) is 5.34. The molecule has 16 heavy (non-hydrogen) atoms. The van der Waals surface area contributed by atoms with Crippen molar-refractivity contribution in [2.24, 2.45) is 0 Å². The Morgan fingerprint density at radius 2 is 2.19 bits per heavy atom. The molecule has 1 aliphatic heterocycles. The number of quaternary nitrogens is 1. The van der Waals surface area contributed by atoms with Crippen LogP contribution in [-0.4, -0.2) is 46.1 Å². The maximum Gasteiger partial charge on any atom is 0.276 e. The number of nitrogens with two attached hydrogens (primary N) is 1. The molecule has 1 fully saturated rings. The van der Waals surface area contributed by atoms with Crippen molar-refractivity contribution < 1.29 is 5.32 Å². The van der Waals surface area contributed by atoms with Crippen LogP contribution in [0.5, 0.6) is 0 Å². The third kappa shape index (κ3) is 1.45. The summed E-state index contributed by atoms with van der Waals surface area (Å²) in [5.74, 6) is 0.743. The average molecular weight is 221 g/mol. The number of piperazine rings is 1. The monoisotopic (exact) mass is 221 g/mol. The zero-order chi connectivity index (χ0) is 11.0. The lowest BCUT2D eigenvalue weighted by molar-refractivity contribution is -0.655. The standard InChI is InChI=1S/C9H12N6O/c16-8-6-7(11-5-12-8)14-9(13-6)15-3-1-10-2-4-15/h5,10H,1-4H2,(H2,11,12,13,14,16)/p+1. The summed E-state index contributed by atoms with van der Waals surface area (Å²) in [4.78, 5) is 27.5. The van der Waals surface area contributed by atoms with Crippen molar-refractivity contribution in [2.45, 2.75) is 0 Å². The topological polar surface area (TPSA) is 94.3 Å². The fourth-order valence-corrected chi connectivity index (χ4v) is 1.94. The van der Waals surface area contributed by atoms with E-state index in [9.17, 15) is 4.79 Å². The Morgan fingerprint density at radius 3 is 2.94 bits per heavy atom. The van der Waals surface area contributed by atoms with Crippen LogP contribution in [0.2, 0.25) is 0 Å². The number of hydrogen-bond acceptors (Lipinski definition) is 4. The van der Waals surface area contributed by atoms with Gasteiger partial charge in [0.1, 0.15) is 0 Å². The Kier molecular flexibility index (Phi) is 2.10. The second-order valence-electron chi connectivity index (χ2n) is 3.84. The Bertz CT molecular complexity index is 552. The van der Waals surface area contributed by atoms with Crippen LogP contribution < -0.4 is 15.8 Å². The van der Waals surface area contributed by atoms with Crippen LogP contribution in [0.15, 0.2) is 11.1 Å². The highest BCUT2D eigenvalue weighted by Crippen LogP contribution is 2.11. The predicted octanol–water partition coefficient (Wildman–Crippen LogP) is -1.97. The molecule has 84 valence electrons. The molecule has 0 atom stereocenters. The molecule has 3 rings (SSSR count). The number of rotatable bonds is 1. The summed E-state index contributed by atoms with van der Waals surface area (Å²) >= 11 is 0. The highest BCUT2D eigenvalue weighted by molar-refractivity contribution is 5.71. The summed E-state index contributed by atoms with van der Waals surface area (Å²) in [6.45, 7) is 4.00. The molecule has 3 heterocycles. The molecule has 1 aliphatic rings. The van der Waals surface area contributed by atoms with Gasteiger partial charge in [-0.1, -0.05) is 0 Å². The van der Waals surface area contributed by atoms with Gasteiger partial charge in [0.05, 0.1) is 32.5 Å². The minimum absolute atomic E-state index is 0.174. The molecule has 0 aromatic carbocycles. The fourth-order valence-electron chi connectivity index (χ4n) is 1.94. The summed E-state index contributed by atoms with van der Waals surface area (Å²) in [6, 6.07) is 0. The zero-order valence-corrected chi connectivity index (χ0v) is 8.73. The molecule has 1 saturated heterocycles. The van der Waals surface area contributed by atoms with Crippen molar-refractivity contribution in [3.63, 3.8) is 0 Å². The maximum atomic E-state index is 11.5. The van der Waals surface area contributed by atoms with Gasteiger partial charge in [-0.05, 0) is 0 Å². The Hall–Kier alpha value is -1.89. The number of fused-ring (bicyclic) bond motifs is 1. The van der Waals surface area contributed by atoms with Crippen LogP contribution in [0.3, 0.4) is 0 Å². The molecule has 7 heteroatoms. The van der Waals surface area contributed by atoms with Crippen molar-refractivity contribution in [3.8, 4) is 0 Å². The summed E-state index contributed by atoms with van der Waals surface area (Å²) in [5.41, 5.74) is 0.757. The van der Waals surface area contributed by atoms with Crippen molar-refractivity contribution in [3.05, 3.63) is 16.7 Å². The lowest BCUT2D eigenvalue weighted by Crippen LogP contribution is -2.89. The van der Waals surface area contributed by atoms with Gasteiger partial charge in [0.15, 0.2) is 11.2 Å². The highest BCUT2D eigenvalue weighted by atomic mass is 16.1. The van der Waals surface area contributed by atoms with Gasteiger partial charge in [0.25, 0.3) is 5.56 Å². The van der Waals surface area contributed by atoms with Gasteiger partial charge in [0.2, 0.25) is 5.95 Å². The van der Waals surface area contributed by atoms with Gasteiger partial charge < -0.3 is 20.2 Å². The second-order valence-corrected chi connectivity index (χ2v) is 3.84. The fraction of sp³-hybridized carbons (Fsp3) is 0.444. The quantitative estimate of drug-likeness (QED) is 0.520. The van der Waals surface area contributed by atoms with Crippen LogP contribution in [-0.2, 0) is 0 Å². The van der Waals surface area contributed by atoms with Crippen molar-refractivity contribution >= 4 is 17.1 Å². The molecule has 0 aliphatic carbocycles. The van der Waals surface area contributed by atoms with Gasteiger partial charge in [-0.25, -0.2) is 4.98 Å². The van der Waals surface area contributed by atoms with E-state index in [4.69, 9.17) is 0 Å². The highest BCUT2D eigenvalue weighted by Gasteiger charge is 2.17. The smallest absolute Gasteiger partial charge is 0.276 e. The van der Waals surface area contributed by atoms with Gasteiger partial charge in [0, 0.05) is 0 Å². The van der Waals surface area contributed by atoms with Crippen LogP contribution in [0.1, 0.15) is 0 Å². The van der Waals surface area contributed by atoms with E-state index in [0.717, 1.165) is 32.1 Å². The van der Waals surface area contributed by atoms with Crippen LogP contribution in [0.25, 0.3) is 11.2 Å². The molecule has 0 saturated carbocycles.